The average molecular weight is 409 g/mol. The van der Waals surface area contributed by atoms with Crippen molar-refractivity contribution >= 4 is 45.1 Å². The van der Waals surface area contributed by atoms with Gasteiger partial charge in [-0.2, -0.15) is 5.10 Å². The number of nitrogens with zero attached hydrogens (tertiary/aromatic N) is 5. The van der Waals surface area contributed by atoms with Gasteiger partial charge in [0.25, 0.3) is 5.91 Å². The Balaban J connectivity index is 1.79. The lowest BCUT2D eigenvalue weighted by atomic mass is 10.1. The highest BCUT2D eigenvalue weighted by molar-refractivity contribution is 6.31. The molecule has 29 heavy (non-hydrogen) atoms. The normalized spacial score (nSPS) is 11.5. The van der Waals surface area contributed by atoms with Gasteiger partial charge in [-0.15, -0.1) is 0 Å². The molecule has 7 nitrogen and oxygen atoms in total. The summed E-state index contributed by atoms with van der Waals surface area (Å²) in [5.41, 5.74) is 9.06. The molecule has 0 bridgehead atoms. The fourth-order valence-corrected chi connectivity index (χ4v) is 3.62. The van der Waals surface area contributed by atoms with Crippen LogP contribution in [0.25, 0.3) is 21.8 Å². The summed E-state index contributed by atoms with van der Waals surface area (Å²) in [5.74, 6) is 0.289. The van der Waals surface area contributed by atoms with Crippen molar-refractivity contribution in [2.45, 2.75) is 6.54 Å². The van der Waals surface area contributed by atoms with Crippen molar-refractivity contribution in [3.63, 3.8) is 0 Å². The van der Waals surface area contributed by atoms with Crippen LogP contribution in [0, 0.1) is 0 Å². The first-order chi connectivity index (χ1) is 13.9. The number of aryl methyl sites for hydroxylation is 1. The van der Waals surface area contributed by atoms with Gasteiger partial charge in [-0.1, -0.05) is 29.8 Å². The zero-order valence-electron chi connectivity index (χ0n) is 16.4. The third-order valence-corrected chi connectivity index (χ3v) is 5.32. The molecule has 0 aliphatic rings. The summed E-state index contributed by atoms with van der Waals surface area (Å²) >= 11 is 6.30. The Labute approximate surface area is 173 Å². The number of nitrogen functional groups attached to an aromatic ring is 1. The summed E-state index contributed by atoms with van der Waals surface area (Å²) in [5, 5.41) is 9.92. The molecule has 0 saturated carbocycles. The Morgan fingerprint density at radius 2 is 1.93 bits per heavy atom. The zero-order chi connectivity index (χ0) is 20.7. The van der Waals surface area contributed by atoms with Crippen LogP contribution in [0.1, 0.15) is 15.9 Å². The number of fused-ring (bicyclic) bond motifs is 3. The number of anilines is 1. The Morgan fingerprint density at radius 1 is 1.17 bits per heavy atom. The summed E-state index contributed by atoms with van der Waals surface area (Å²) in [6.07, 6.45) is 1.69. The summed E-state index contributed by atoms with van der Waals surface area (Å²) in [6, 6.07) is 12.9. The molecular formula is C21H21ClN6O. The van der Waals surface area contributed by atoms with Gasteiger partial charge in [0.05, 0.1) is 29.2 Å². The average Bonchev–Trinajstić information content (AvgIpc) is 3.09. The number of nitrogens with two attached hydrogens (primary N) is 1. The smallest absolute Gasteiger partial charge is 0.268 e. The number of rotatable bonds is 4. The predicted octanol–water partition coefficient (Wildman–Crippen LogP) is 3.48. The number of hydrogen-bond acceptors (Lipinski definition) is 5. The van der Waals surface area contributed by atoms with Gasteiger partial charge in [-0.25, -0.2) is 9.99 Å². The van der Waals surface area contributed by atoms with Crippen LogP contribution in [-0.2, 0) is 13.6 Å². The number of aromatic nitrogens is 3. The van der Waals surface area contributed by atoms with Gasteiger partial charge in [0.1, 0.15) is 5.82 Å². The van der Waals surface area contributed by atoms with E-state index in [1.54, 1.807) is 27.0 Å². The lowest BCUT2D eigenvalue weighted by molar-refractivity contribution is 0.0155. The van der Waals surface area contributed by atoms with E-state index >= 15 is 0 Å². The van der Waals surface area contributed by atoms with Crippen LogP contribution in [0.2, 0.25) is 5.02 Å². The number of carbonyl (C=O) groups excluding carboxylic acids is 1. The van der Waals surface area contributed by atoms with Crippen LogP contribution in [0.4, 0.5) is 5.82 Å². The molecule has 4 aromatic rings. The number of carbonyl (C=O) groups is 1. The molecule has 8 heteroatoms. The molecule has 0 unspecified atom stereocenters. The summed E-state index contributed by atoms with van der Waals surface area (Å²) < 4.78 is 1.75. The van der Waals surface area contributed by atoms with E-state index in [-0.39, 0.29) is 5.91 Å². The second-order valence-corrected chi connectivity index (χ2v) is 7.47. The number of hydrazine groups is 1. The topological polar surface area (TPSA) is 80.3 Å². The second-order valence-electron chi connectivity index (χ2n) is 7.06. The Kier molecular flexibility index (Phi) is 4.86. The summed E-state index contributed by atoms with van der Waals surface area (Å²) in [6.45, 7) is 0.366. The predicted molar refractivity (Wildman–Crippen MR) is 115 cm³/mol. The van der Waals surface area contributed by atoms with E-state index in [0.717, 1.165) is 27.4 Å². The molecule has 0 aliphatic heterocycles. The second kappa shape index (κ2) is 7.35. The summed E-state index contributed by atoms with van der Waals surface area (Å²) in [4.78, 5) is 17.8. The molecule has 4 rings (SSSR count). The monoisotopic (exact) mass is 408 g/mol. The standard InChI is InChI=1S/C21H21ClN6O/c1-26(2)28(12-14-6-4-5-7-17(14)22)21(29)13-8-9-18-15(10-13)19-16(20(23)25-18)11-24-27(19)3/h4-11H,12H2,1-3H3,(H2,23,25). The van der Waals surface area contributed by atoms with Gasteiger partial charge in [0, 0.05) is 37.1 Å². The van der Waals surface area contributed by atoms with E-state index in [9.17, 15) is 4.79 Å². The molecule has 0 saturated heterocycles. The van der Waals surface area contributed by atoms with Crippen molar-refractivity contribution in [2.24, 2.45) is 7.05 Å². The number of benzene rings is 2. The molecule has 0 aliphatic carbocycles. The maximum Gasteiger partial charge on any atom is 0.268 e. The fourth-order valence-electron chi connectivity index (χ4n) is 3.42. The molecule has 2 heterocycles. The lowest BCUT2D eigenvalue weighted by Gasteiger charge is -2.29. The SMILES string of the molecule is CN(C)N(Cc1ccccc1Cl)C(=O)c1ccc2nc(N)c3cnn(C)c3c2c1. The molecule has 0 atom stereocenters. The molecule has 2 N–H and O–H groups in total. The van der Waals surface area contributed by atoms with Gasteiger partial charge in [0.2, 0.25) is 0 Å². The number of amides is 1. The van der Waals surface area contributed by atoms with E-state index in [0.29, 0.717) is 22.9 Å². The van der Waals surface area contributed by atoms with Crippen LogP contribution in [0.15, 0.2) is 48.7 Å². The van der Waals surface area contributed by atoms with Crippen LogP contribution >= 0.6 is 11.6 Å². The number of halogens is 1. The quantitative estimate of drug-likeness (QED) is 0.523. The molecule has 2 aromatic heterocycles. The third-order valence-electron chi connectivity index (χ3n) is 4.95. The summed E-state index contributed by atoms with van der Waals surface area (Å²) in [7, 11) is 5.51. The van der Waals surface area contributed by atoms with Gasteiger partial charge < -0.3 is 5.73 Å². The van der Waals surface area contributed by atoms with Crippen molar-refractivity contribution in [3.05, 3.63) is 64.8 Å². The maximum atomic E-state index is 13.3. The van der Waals surface area contributed by atoms with Crippen LogP contribution in [-0.4, -0.2) is 44.8 Å². The first-order valence-electron chi connectivity index (χ1n) is 9.10. The van der Waals surface area contributed by atoms with Gasteiger partial charge in [-0.3, -0.25) is 14.5 Å². The fraction of sp³-hybridized carbons (Fsp3) is 0.190. The van der Waals surface area contributed by atoms with Crippen molar-refractivity contribution in [3.8, 4) is 0 Å². The zero-order valence-corrected chi connectivity index (χ0v) is 17.2. The van der Waals surface area contributed by atoms with E-state index in [1.807, 2.05) is 57.5 Å². The Hall–Kier alpha value is -3.16. The minimum Gasteiger partial charge on any atom is -0.383 e. The van der Waals surface area contributed by atoms with E-state index in [1.165, 1.54) is 0 Å². The van der Waals surface area contributed by atoms with Gasteiger partial charge >= 0.3 is 0 Å². The molecular weight excluding hydrogens is 388 g/mol. The molecule has 0 fully saturated rings. The minimum absolute atomic E-state index is 0.135. The molecule has 148 valence electrons. The highest BCUT2D eigenvalue weighted by atomic mass is 35.5. The highest BCUT2D eigenvalue weighted by Crippen LogP contribution is 2.28. The van der Waals surface area contributed by atoms with Gasteiger partial charge in [-0.05, 0) is 29.8 Å². The maximum absolute atomic E-state index is 13.3. The Morgan fingerprint density at radius 3 is 2.66 bits per heavy atom. The van der Waals surface area contributed by atoms with Crippen LogP contribution in [0.5, 0.6) is 0 Å². The molecule has 2 aromatic carbocycles. The van der Waals surface area contributed by atoms with E-state index in [4.69, 9.17) is 17.3 Å². The highest BCUT2D eigenvalue weighted by Gasteiger charge is 2.21. The first-order valence-corrected chi connectivity index (χ1v) is 9.48. The Bertz CT molecular complexity index is 1230. The van der Waals surface area contributed by atoms with Crippen LogP contribution < -0.4 is 5.73 Å². The first kappa shape index (κ1) is 19.2. The van der Waals surface area contributed by atoms with Crippen molar-refractivity contribution in [1.29, 1.82) is 0 Å². The molecule has 1 amide bonds. The van der Waals surface area contributed by atoms with Gasteiger partial charge in [0.15, 0.2) is 0 Å². The van der Waals surface area contributed by atoms with Crippen molar-refractivity contribution in [2.75, 3.05) is 19.8 Å². The van der Waals surface area contributed by atoms with Crippen molar-refractivity contribution < 1.29 is 4.79 Å². The molecule has 0 spiro atoms. The lowest BCUT2D eigenvalue weighted by Crippen LogP contribution is -2.41. The van der Waals surface area contributed by atoms with E-state index in [2.05, 4.69) is 10.1 Å². The minimum atomic E-state index is -0.135. The van der Waals surface area contributed by atoms with E-state index < -0.39 is 0 Å². The molecule has 0 radical (unpaired) electrons. The number of pyridine rings is 1. The number of hydrogen-bond donors (Lipinski definition) is 1. The third kappa shape index (κ3) is 3.39. The van der Waals surface area contributed by atoms with Crippen LogP contribution in [0.3, 0.4) is 0 Å². The largest absolute Gasteiger partial charge is 0.383 e. The van der Waals surface area contributed by atoms with Crippen molar-refractivity contribution in [1.82, 2.24) is 24.8 Å².